The Hall–Kier alpha value is -2.89. The Labute approximate surface area is 154 Å². The highest BCUT2D eigenvalue weighted by atomic mass is 15.2. The number of hydrogen-bond donors (Lipinski definition) is 2. The van der Waals surface area contributed by atoms with Gasteiger partial charge in [0.1, 0.15) is 5.82 Å². The normalized spacial score (nSPS) is 13.0. The molecule has 0 saturated heterocycles. The number of aliphatic imine (C=N–C) groups is 1. The lowest BCUT2D eigenvalue weighted by molar-refractivity contribution is 0.693. The van der Waals surface area contributed by atoms with Gasteiger partial charge in [-0.25, -0.2) is 0 Å². The largest absolute Gasteiger partial charge is 0.356 e. The molecule has 0 aliphatic rings. The van der Waals surface area contributed by atoms with Crippen molar-refractivity contribution in [2.45, 2.75) is 26.2 Å². The van der Waals surface area contributed by atoms with Gasteiger partial charge in [-0.1, -0.05) is 42.8 Å². The van der Waals surface area contributed by atoms with Crippen molar-refractivity contribution in [3.8, 4) is 0 Å². The Morgan fingerprint density at radius 2 is 1.92 bits per heavy atom. The average molecular weight is 350 g/mol. The molecule has 2 N–H and O–H groups in total. The van der Waals surface area contributed by atoms with Crippen LogP contribution in [0.2, 0.25) is 0 Å². The lowest BCUT2D eigenvalue weighted by Crippen LogP contribution is -2.40. The van der Waals surface area contributed by atoms with E-state index in [1.807, 2.05) is 28.8 Å². The molecule has 0 amide bonds. The fourth-order valence-electron chi connectivity index (χ4n) is 2.84. The standard InChI is InChI=1S/C20H26N6/c1-15-7-9-17(10-8-15)16(2)14-23-20(21-3)22-12-11-19-25-24-18-6-4-5-13-26(18)19/h4-10,13,16H,11-12,14H2,1-3H3,(H2,21,22,23). The number of fused-ring (bicyclic) bond motifs is 1. The smallest absolute Gasteiger partial charge is 0.191 e. The highest BCUT2D eigenvalue weighted by molar-refractivity contribution is 5.79. The summed E-state index contributed by atoms with van der Waals surface area (Å²) in [6.45, 7) is 5.90. The first-order valence-electron chi connectivity index (χ1n) is 8.97. The summed E-state index contributed by atoms with van der Waals surface area (Å²) in [5.74, 6) is 2.16. The number of aryl methyl sites for hydroxylation is 1. The van der Waals surface area contributed by atoms with Crippen LogP contribution in [-0.4, -0.2) is 40.7 Å². The number of pyridine rings is 1. The molecule has 0 fully saturated rings. The Bertz CT molecular complexity index is 865. The Kier molecular flexibility index (Phi) is 5.84. The number of guanidine groups is 1. The molecule has 0 bridgehead atoms. The Morgan fingerprint density at radius 1 is 1.12 bits per heavy atom. The fourth-order valence-corrected chi connectivity index (χ4v) is 2.84. The molecule has 1 unspecified atom stereocenters. The first kappa shape index (κ1) is 17.9. The van der Waals surface area contributed by atoms with Gasteiger partial charge in [0.25, 0.3) is 0 Å². The monoisotopic (exact) mass is 350 g/mol. The number of aromatic nitrogens is 3. The van der Waals surface area contributed by atoms with E-state index >= 15 is 0 Å². The number of hydrogen-bond acceptors (Lipinski definition) is 3. The third kappa shape index (κ3) is 4.39. The number of rotatable bonds is 6. The molecule has 6 heteroatoms. The van der Waals surface area contributed by atoms with E-state index in [4.69, 9.17) is 0 Å². The van der Waals surface area contributed by atoms with E-state index in [9.17, 15) is 0 Å². The number of benzene rings is 1. The minimum absolute atomic E-state index is 0.412. The van der Waals surface area contributed by atoms with Crippen LogP contribution in [0, 0.1) is 6.92 Å². The van der Waals surface area contributed by atoms with E-state index in [-0.39, 0.29) is 0 Å². The zero-order valence-corrected chi connectivity index (χ0v) is 15.6. The van der Waals surface area contributed by atoms with Crippen LogP contribution < -0.4 is 10.6 Å². The molecule has 0 aliphatic carbocycles. The van der Waals surface area contributed by atoms with Crippen molar-refractivity contribution in [2.24, 2.45) is 4.99 Å². The van der Waals surface area contributed by atoms with Crippen LogP contribution in [0.5, 0.6) is 0 Å². The molecule has 0 saturated carbocycles. The second kappa shape index (κ2) is 8.47. The van der Waals surface area contributed by atoms with Crippen molar-refractivity contribution in [1.82, 2.24) is 25.2 Å². The van der Waals surface area contributed by atoms with Gasteiger partial charge >= 0.3 is 0 Å². The van der Waals surface area contributed by atoms with Crippen LogP contribution in [0.1, 0.15) is 29.8 Å². The molecule has 0 aliphatic heterocycles. The quantitative estimate of drug-likeness (QED) is 0.530. The van der Waals surface area contributed by atoms with Crippen LogP contribution >= 0.6 is 0 Å². The summed E-state index contributed by atoms with van der Waals surface area (Å²) < 4.78 is 2.01. The van der Waals surface area contributed by atoms with Crippen molar-refractivity contribution in [2.75, 3.05) is 20.1 Å². The fraction of sp³-hybridized carbons (Fsp3) is 0.350. The molecule has 26 heavy (non-hydrogen) atoms. The molecule has 3 aromatic rings. The maximum atomic E-state index is 4.30. The van der Waals surface area contributed by atoms with Gasteiger partial charge in [0, 0.05) is 32.8 Å². The van der Waals surface area contributed by atoms with E-state index < -0.39 is 0 Å². The topological polar surface area (TPSA) is 66.6 Å². The number of nitrogens with one attached hydrogen (secondary N) is 2. The second-order valence-electron chi connectivity index (χ2n) is 6.49. The zero-order valence-electron chi connectivity index (χ0n) is 15.6. The van der Waals surface area contributed by atoms with E-state index in [2.05, 4.69) is 63.9 Å². The van der Waals surface area contributed by atoms with Gasteiger partial charge < -0.3 is 10.6 Å². The van der Waals surface area contributed by atoms with Crippen LogP contribution in [0.4, 0.5) is 0 Å². The van der Waals surface area contributed by atoms with E-state index in [1.54, 1.807) is 7.05 Å². The molecular formula is C20H26N6. The third-order valence-electron chi connectivity index (χ3n) is 4.47. The van der Waals surface area contributed by atoms with E-state index in [0.29, 0.717) is 5.92 Å². The maximum absolute atomic E-state index is 4.30. The highest BCUT2D eigenvalue weighted by Crippen LogP contribution is 2.14. The summed E-state index contributed by atoms with van der Waals surface area (Å²) in [4.78, 5) is 4.30. The zero-order chi connectivity index (χ0) is 18.4. The van der Waals surface area contributed by atoms with Gasteiger partial charge in [-0.05, 0) is 30.5 Å². The summed E-state index contributed by atoms with van der Waals surface area (Å²) in [5.41, 5.74) is 3.48. The van der Waals surface area contributed by atoms with Gasteiger partial charge in [-0.2, -0.15) is 0 Å². The second-order valence-corrected chi connectivity index (χ2v) is 6.49. The van der Waals surface area contributed by atoms with E-state index in [0.717, 1.165) is 36.9 Å². The van der Waals surface area contributed by atoms with Crippen LogP contribution in [0.25, 0.3) is 5.65 Å². The van der Waals surface area contributed by atoms with Crippen LogP contribution in [-0.2, 0) is 6.42 Å². The predicted molar refractivity (Wildman–Crippen MR) is 106 cm³/mol. The molecule has 136 valence electrons. The van der Waals surface area contributed by atoms with Crippen molar-refractivity contribution < 1.29 is 0 Å². The van der Waals surface area contributed by atoms with Gasteiger partial charge in [0.2, 0.25) is 0 Å². The molecule has 0 spiro atoms. The SMILES string of the molecule is CN=C(NCCc1nnc2ccccn12)NCC(C)c1ccc(C)cc1. The predicted octanol–water partition coefficient (Wildman–Crippen LogP) is 2.55. The van der Waals surface area contributed by atoms with Gasteiger partial charge in [0.15, 0.2) is 11.6 Å². The van der Waals surface area contributed by atoms with E-state index in [1.165, 1.54) is 11.1 Å². The van der Waals surface area contributed by atoms with Crippen molar-refractivity contribution in [1.29, 1.82) is 0 Å². The van der Waals surface area contributed by atoms with Gasteiger partial charge in [-0.3, -0.25) is 9.39 Å². The number of nitrogens with zero attached hydrogens (tertiary/aromatic N) is 4. The summed E-state index contributed by atoms with van der Waals surface area (Å²) in [5, 5.41) is 15.2. The Balaban J connectivity index is 1.48. The molecule has 2 aromatic heterocycles. The molecule has 3 rings (SSSR count). The lowest BCUT2D eigenvalue weighted by atomic mass is 10.0. The molecule has 1 atom stereocenters. The van der Waals surface area contributed by atoms with Crippen LogP contribution in [0.15, 0.2) is 53.7 Å². The average Bonchev–Trinajstić information content (AvgIpc) is 3.08. The Morgan fingerprint density at radius 3 is 2.69 bits per heavy atom. The molecule has 1 aromatic carbocycles. The summed E-state index contributed by atoms with van der Waals surface area (Å²) in [6, 6.07) is 14.6. The summed E-state index contributed by atoms with van der Waals surface area (Å²) in [7, 11) is 1.79. The van der Waals surface area contributed by atoms with Crippen molar-refractivity contribution >= 4 is 11.6 Å². The minimum atomic E-state index is 0.412. The van der Waals surface area contributed by atoms with Crippen molar-refractivity contribution in [3.05, 3.63) is 65.6 Å². The van der Waals surface area contributed by atoms with Gasteiger partial charge in [0.05, 0.1) is 0 Å². The molecular weight excluding hydrogens is 324 g/mol. The molecule has 0 radical (unpaired) electrons. The van der Waals surface area contributed by atoms with Crippen molar-refractivity contribution in [3.63, 3.8) is 0 Å². The third-order valence-corrected chi connectivity index (χ3v) is 4.47. The lowest BCUT2D eigenvalue weighted by Gasteiger charge is -2.16. The summed E-state index contributed by atoms with van der Waals surface area (Å²) in [6.07, 6.45) is 2.76. The first-order chi connectivity index (χ1) is 12.7. The summed E-state index contributed by atoms with van der Waals surface area (Å²) >= 11 is 0. The van der Waals surface area contributed by atoms with Crippen LogP contribution in [0.3, 0.4) is 0 Å². The minimum Gasteiger partial charge on any atom is -0.356 e. The molecule has 2 heterocycles. The highest BCUT2D eigenvalue weighted by Gasteiger charge is 2.08. The maximum Gasteiger partial charge on any atom is 0.191 e. The molecule has 6 nitrogen and oxygen atoms in total. The van der Waals surface area contributed by atoms with Gasteiger partial charge in [-0.15, -0.1) is 10.2 Å². The first-order valence-corrected chi connectivity index (χ1v) is 8.97.